The van der Waals surface area contributed by atoms with Gasteiger partial charge in [0.1, 0.15) is 0 Å². The van der Waals surface area contributed by atoms with Crippen LogP contribution in [0.15, 0.2) is 116 Å². The molecule has 0 unspecified atom stereocenters. The van der Waals surface area contributed by atoms with E-state index in [4.69, 9.17) is 4.98 Å². The zero-order valence-electron chi connectivity index (χ0n) is 22.0. The molecule has 4 aromatic carbocycles. The van der Waals surface area contributed by atoms with E-state index in [9.17, 15) is 0 Å². The van der Waals surface area contributed by atoms with E-state index >= 15 is 0 Å². The van der Waals surface area contributed by atoms with E-state index in [1.54, 1.807) is 0 Å². The third-order valence-corrected chi connectivity index (χ3v) is 8.95. The Balaban J connectivity index is 1.53. The number of benzene rings is 4. The van der Waals surface area contributed by atoms with Crippen molar-refractivity contribution in [2.24, 2.45) is 0 Å². The number of allylic oxidation sites excluding steroid dienone is 1. The molecule has 0 atom stereocenters. The molecule has 0 aliphatic carbocycles. The molecular weight excluding hydrogens is 506 g/mol. The van der Waals surface area contributed by atoms with Crippen LogP contribution >= 0.6 is 11.3 Å². The second-order valence-electron chi connectivity index (χ2n) is 10.0. The SMILES string of the molecule is C=Cc1c(/C=C\C)c2cc(-n3c4ccccc4c4ncc5sc6ccccc6c5c43)ccc2n1-c1ccccc1. The van der Waals surface area contributed by atoms with Gasteiger partial charge in [0.05, 0.1) is 32.5 Å². The molecule has 0 fully saturated rings. The predicted octanol–water partition coefficient (Wildman–Crippen LogP) is 10.2. The molecule has 190 valence electrons. The van der Waals surface area contributed by atoms with Gasteiger partial charge < -0.3 is 9.13 Å². The first-order valence-electron chi connectivity index (χ1n) is 13.5. The molecule has 0 saturated carbocycles. The van der Waals surface area contributed by atoms with Crippen molar-refractivity contribution in [3.05, 3.63) is 127 Å². The van der Waals surface area contributed by atoms with Crippen LogP contribution in [0.25, 0.3) is 76.5 Å². The Bertz CT molecular complexity index is 2290. The summed E-state index contributed by atoms with van der Waals surface area (Å²) in [5.41, 5.74) is 9.01. The fourth-order valence-electron chi connectivity index (χ4n) is 6.23. The van der Waals surface area contributed by atoms with Crippen molar-refractivity contribution in [2.75, 3.05) is 0 Å². The summed E-state index contributed by atoms with van der Waals surface area (Å²) in [6.45, 7) is 6.27. The number of pyridine rings is 1. The number of para-hydroxylation sites is 2. The lowest BCUT2D eigenvalue weighted by atomic mass is 10.1. The summed E-state index contributed by atoms with van der Waals surface area (Å²) in [5, 5.41) is 4.90. The fourth-order valence-corrected chi connectivity index (χ4v) is 7.31. The predicted molar refractivity (Wildman–Crippen MR) is 173 cm³/mol. The Hall–Kier alpha value is -4.93. The number of aromatic nitrogens is 3. The van der Waals surface area contributed by atoms with Gasteiger partial charge in [-0.05, 0) is 55.5 Å². The highest BCUT2D eigenvalue weighted by Gasteiger charge is 2.21. The van der Waals surface area contributed by atoms with Crippen LogP contribution in [0.2, 0.25) is 0 Å². The van der Waals surface area contributed by atoms with Crippen LogP contribution in [0, 0.1) is 0 Å². The van der Waals surface area contributed by atoms with Crippen molar-refractivity contribution in [1.29, 1.82) is 0 Å². The molecule has 40 heavy (non-hydrogen) atoms. The van der Waals surface area contributed by atoms with Crippen LogP contribution in [-0.4, -0.2) is 14.1 Å². The van der Waals surface area contributed by atoms with Gasteiger partial charge in [0.25, 0.3) is 0 Å². The summed E-state index contributed by atoms with van der Waals surface area (Å²) in [6.07, 6.45) is 8.31. The molecule has 4 heterocycles. The third kappa shape index (κ3) is 3.14. The average molecular weight is 532 g/mol. The summed E-state index contributed by atoms with van der Waals surface area (Å²) in [4.78, 5) is 5.02. The number of hydrogen-bond donors (Lipinski definition) is 0. The van der Waals surface area contributed by atoms with Gasteiger partial charge in [-0.2, -0.15) is 0 Å². The average Bonchev–Trinajstić information content (AvgIpc) is 3.65. The molecule has 0 spiro atoms. The first kappa shape index (κ1) is 23.0. The minimum absolute atomic E-state index is 1.04. The molecule has 8 rings (SSSR count). The molecule has 0 N–H and O–H groups in total. The largest absolute Gasteiger partial charge is 0.309 e. The van der Waals surface area contributed by atoms with Crippen LogP contribution in [0.4, 0.5) is 0 Å². The van der Waals surface area contributed by atoms with E-state index in [0.29, 0.717) is 0 Å². The molecular formula is C36H25N3S. The molecule has 0 bridgehead atoms. The monoisotopic (exact) mass is 531 g/mol. The van der Waals surface area contributed by atoms with Gasteiger partial charge in [-0.15, -0.1) is 11.3 Å². The number of rotatable bonds is 4. The van der Waals surface area contributed by atoms with Gasteiger partial charge in [-0.25, -0.2) is 0 Å². The van der Waals surface area contributed by atoms with Crippen LogP contribution in [0.3, 0.4) is 0 Å². The topological polar surface area (TPSA) is 22.8 Å². The summed E-state index contributed by atoms with van der Waals surface area (Å²) in [7, 11) is 0. The second kappa shape index (κ2) is 8.80. The highest BCUT2D eigenvalue weighted by molar-refractivity contribution is 7.26. The smallest absolute Gasteiger partial charge is 0.0971 e. The van der Waals surface area contributed by atoms with Crippen molar-refractivity contribution in [3.63, 3.8) is 0 Å². The van der Waals surface area contributed by atoms with Crippen molar-refractivity contribution in [3.8, 4) is 11.4 Å². The number of fused-ring (bicyclic) bond motifs is 8. The lowest BCUT2D eigenvalue weighted by molar-refractivity contribution is 1.10. The van der Waals surface area contributed by atoms with E-state index in [2.05, 4.69) is 132 Å². The van der Waals surface area contributed by atoms with Crippen LogP contribution in [0.5, 0.6) is 0 Å². The van der Waals surface area contributed by atoms with Crippen molar-refractivity contribution in [1.82, 2.24) is 14.1 Å². The number of nitrogens with zero attached hydrogens (tertiary/aromatic N) is 3. The molecule has 0 amide bonds. The molecule has 0 saturated heterocycles. The Morgan fingerprint density at radius 2 is 1.48 bits per heavy atom. The van der Waals surface area contributed by atoms with E-state index < -0.39 is 0 Å². The first-order valence-corrected chi connectivity index (χ1v) is 14.3. The molecule has 0 aliphatic rings. The normalized spacial score (nSPS) is 12.1. The Morgan fingerprint density at radius 1 is 0.725 bits per heavy atom. The fraction of sp³-hybridized carbons (Fsp3) is 0.0278. The van der Waals surface area contributed by atoms with Crippen LogP contribution in [0.1, 0.15) is 18.2 Å². The molecule has 8 aromatic rings. The second-order valence-corrected chi connectivity index (χ2v) is 11.1. The third-order valence-electron chi connectivity index (χ3n) is 7.85. The summed E-state index contributed by atoms with van der Waals surface area (Å²) < 4.78 is 7.20. The number of hydrogen-bond acceptors (Lipinski definition) is 2. The minimum Gasteiger partial charge on any atom is -0.309 e. The molecule has 4 aromatic heterocycles. The van der Waals surface area contributed by atoms with Gasteiger partial charge in [-0.1, -0.05) is 73.3 Å². The van der Waals surface area contributed by atoms with E-state index in [-0.39, 0.29) is 0 Å². The van der Waals surface area contributed by atoms with Crippen LogP contribution < -0.4 is 0 Å². The molecule has 4 heteroatoms. The highest BCUT2D eigenvalue weighted by atomic mass is 32.1. The lowest BCUT2D eigenvalue weighted by Crippen LogP contribution is -1.97. The van der Waals surface area contributed by atoms with Gasteiger partial charge >= 0.3 is 0 Å². The Labute approximate surface area is 235 Å². The van der Waals surface area contributed by atoms with E-state index in [0.717, 1.165) is 44.5 Å². The zero-order chi connectivity index (χ0) is 26.8. The van der Waals surface area contributed by atoms with E-state index in [1.807, 2.05) is 23.6 Å². The Morgan fingerprint density at radius 3 is 2.30 bits per heavy atom. The van der Waals surface area contributed by atoms with Crippen molar-refractivity contribution < 1.29 is 0 Å². The van der Waals surface area contributed by atoms with Crippen molar-refractivity contribution >= 4 is 76.5 Å². The van der Waals surface area contributed by atoms with E-state index in [1.165, 1.54) is 31.1 Å². The zero-order valence-corrected chi connectivity index (χ0v) is 22.8. The maximum Gasteiger partial charge on any atom is 0.0971 e. The molecule has 3 nitrogen and oxygen atoms in total. The van der Waals surface area contributed by atoms with Gasteiger partial charge in [0.15, 0.2) is 0 Å². The quantitative estimate of drug-likeness (QED) is 0.221. The highest BCUT2D eigenvalue weighted by Crippen LogP contribution is 2.42. The van der Waals surface area contributed by atoms with Gasteiger partial charge in [0.2, 0.25) is 0 Å². The van der Waals surface area contributed by atoms with Gasteiger partial charge in [0, 0.05) is 49.4 Å². The van der Waals surface area contributed by atoms with Gasteiger partial charge in [-0.3, -0.25) is 4.98 Å². The molecule has 0 aliphatic heterocycles. The maximum atomic E-state index is 5.02. The summed E-state index contributed by atoms with van der Waals surface area (Å²) in [6, 6.07) is 34.6. The minimum atomic E-state index is 1.04. The van der Waals surface area contributed by atoms with Crippen molar-refractivity contribution in [2.45, 2.75) is 6.92 Å². The molecule has 0 radical (unpaired) electrons. The lowest BCUT2D eigenvalue weighted by Gasteiger charge is -2.11. The first-order chi connectivity index (χ1) is 19.8. The van der Waals surface area contributed by atoms with Crippen LogP contribution in [-0.2, 0) is 0 Å². The maximum absolute atomic E-state index is 5.02. The number of thiophene rings is 1. The Kier molecular flexibility index (Phi) is 5.06. The standard InChI is InChI=1S/C36H25N3S/c1-3-12-25-28-21-24(19-20-31(28)38(29(25)4-2)23-13-6-5-7-14-23)39-30-17-10-8-15-26(30)35-36(39)34-27-16-9-11-18-32(27)40-33(34)22-37-35/h3-22H,2H2,1H3/b12-3-. The summed E-state index contributed by atoms with van der Waals surface area (Å²) >= 11 is 1.81. The summed E-state index contributed by atoms with van der Waals surface area (Å²) in [5.74, 6) is 0.